The van der Waals surface area contributed by atoms with E-state index in [1.54, 1.807) is 34.1 Å². The number of carbonyl (C=O) groups excluding carboxylic acids is 3. The number of piperidine rings is 1. The molecular weight excluding hydrogens is 564 g/mol. The van der Waals surface area contributed by atoms with Crippen LogP contribution in [-0.4, -0.2) is 98.7 Å². The van der Waals surface area contributed by atoms with Gasteiger partial charge in [-0.1, -0.05) is 25.5 Å². The number of sulfonamides is 1. The van der Waals surface area contributed by atoms with Crippen LogP contribution in [0.5, 0.6) is 0 Å². The van der Waals surface area contributed by atoms with E-state index in [0.29, 0.717) is 49.6 Å². The van der Waals surface area contributed by atoms with E-state index in [9.17, 15) is 27.9 Å². The number of aliphatic hydroxyl groups excluding tert-OH is 1. The van der Waals surface area contributed by atoms with Gasteiger partial charge in [0.15, 0.2) is 0 Å². The van der Waals surface area contributed by atoms with Crippen LogP contribution in [-0.2, 0) is 30.7 Å². The Morgan fingerprint density at radius 2 is 1.76 bits per heavy atom. The second kappa shape index (κ2) is 16.7. The Hall–Kier alpha value is -2.90. The molecule has 42 heavy (non-hydrogen) atoms. The van der Waals surface area contributed by atoms with Crippen molar-refractivity contribution in [3.63, 3.8) is 0 Å². The maximum Gasteiger partial charge on any atom is 0.410 e. The molecular formula is C29H48N4O8S. The summed E-state index contributed by atoms with van der Waals surface area (Å²) in [7, 11) is -2.43. The number of hydrogen-bond acceptors (Lipinski definition) is 8. The first-order valence-electron chi connectivity index (χ1n) is 14.6. The van der Waals surface area contributed by atoms with Crippen LogP contribution in [0.2, 0.25) is 0 Å². The highest BCUT2D eigenvalue weighted by molar-refractivity contribution is 7.89. The number of esters is 1. The minimum Gasteiger partial charge on any atom is -0.468 e. The van der Waals surface area contributed by atoms with Gasteiger partial charge in [-0.15, -0.1) is 0 Å². The third-order valence-electron chi connectivity index (χ3n) is 6.95. The zero-order valence-corrected chi connectivity index (χ0v) is 26.4. The molecule has 2 rings (SSSR count). The number of hydrogen-bond donors (Lipinski definition) is 3. The van der Waals surface area contributed by atoms with Gasteiger partial charge in [-0.25, -0.2) is 22.7 Å². The highest BCUT2D eigenvalue weighted by atomic mass is 32.2. The van der Waals surface area contributed by atoms with Crippen molar-refractivity contribution in [2.45, 2.75) is 77.9 Å². The third-order valence-corrected chi connectivity index (χ3v) is 8.42. The Kier molecular flexibility index (Phi) is 14.0. The van der Waals surface area contributed by atoms with Gasteiger partial charge < -0.3 is 29.7 Å². The van der Waals surface area contributed by atoms with E-state index >= 15 is 0 Å². The summed E-state index contributed by atoms with van der Waals surface area (Å²) in [4.78, 5) is 40.8. The fourth-order valence-electron chi connectivity index (χ4n) is 4.59. The normalized spacial score (nSPS) is 15.1. The van der Waals surface area contributed by atoms with Crippen LogP contribution in [0.1, 0.15) is 65.4 Å². The summed E-state index contributed by atoms with van der Waals surface area (Å²) in [5.74, 6) is -0.404. The molecule has 1 aliphatic heterocycles. The number of rotatable bonds is 14. The van der Waals surface area contributed by atoms with E-state index in [0.717, 1.165) is 19.3 Å². The van der Waals surface area contributed by atoms with Crippen LogP contribution in [0, 0.1) is 5.92 Å². The van der Waals surface area contributed by atoms with Crippen LogP contribution in [0.15, 0.2) is 24.3 Å². The number of amides is 3. The lowest BCUT2D eigenvalue weighted by Gasteiger charge is -2.34. The Morgan fingerprint density at radius 1 is 1.12 bits per heavy atom. The molecule has 238 valence electrons. The van der Waals surface area contributed by atoms with Crippen molar-refractivity contribution in [1.29, 1.82) is 0 Å². The van der Waals surface area contributed by atoms with Crippen molar-refractivity contribution in [2.75, 3.05) is 51.0 Å². The van der Waals surface area contributed by atoms with E-state index < -0.39 is 27.6 Å². The van der Waals surface area contributed by atoms with Gasteiger partial charge in [0.1, 0.15) is 11.6 Å². The van der Waals surface area contributed by atoms with Crippen molar-refractivity contribution < 1.29 is 37.4 Å². The van der Waals surface area contributed by atoms with Gasteiger partial charge in [-0.2, -0.15) is 0 Å². The molecule has 1 aromatic rings. The lowest BCUT2D eigenvalue weighted by atomic mass is 9.93. The Morgan fingerprint density at radius 3 is 2.31 bits per heavy atom. The lowest BCUT2D eigenvalue weighted by Crippen LogP contribution is -2.43. The van der Waals surface area contributed by atoms with Gasteiger partial charge in [-0.3, -0.25) is 4.79 Å². The number of likely N-dealkylation sites (tertiary alicyclic amines) is 1. The molecule has 0 radical (unpaired) electrons. The van der Waals surface area contributed by atoms with E-state index in [-0.39, 0.29) is 37.4 Å². The molecule has 13 heteroatoms. The van der Waals surface area contributed by atoms with Gasteiger partial charge in [0, 0.05) is 31.9 Å². The highest BCUT2D eigenvalue weighted by Gasteiger charge is 2.28. The molecule has 1 fully saturated rings. The summed E-state index contributed by atoms with van der Waals surface area (Å²) in [6, 6.07) is 5.36. The highest BCUT2D eigenvalue weighted by Crippen LogP contribution is 2.23. The average molecular weight is 613 g/mol. The molecule has 0 saturated carbocycles. The number of benzene rings is 1. The van der Waals surface area contributed by atoms with E-state index in [1.807, 2.05) is 27.7 Å². The fourth-order valence-corrected chi connectivity index (χ4v) is 5.99. The van der Waals surface area contributed by atoms with Crippen molar-refractivity contribution in [2.24, 2.45) is 5.92 Å². The Labute approximate surface area is 250 Å². The summed E-state index contributed by atoms with van der Waals surface area (Å²) in [6.07, 6.45) is 3.36. The molecule has 12 nitrogen and oxygen atoms in total. The number of aliphatic hydroxyl groups is 1. The van der Waals surface area contributed by atoms with Gasteiger partial charge in [0.2, 0.25) is 10.0 Å². The van der Waals surface area contributed by atoms with Gasteiger partial charge in [0.05, 0.1) is 19.5 Å². The molecule has 1 saturated heterocycles. The topological polar surface area (TPSA) is 155 Å². The molecule has 1 atom stereocenters. The van der Waals surface area contributed by atoms with Crippen LogP contribution in [0.4, 0.5) is 15.3 Å². The molecule has 0 bridgehead atoms. The number of anilines is 1. The van der Waals surface area contributed by atoms with Crippen molar-refractivity contribution in [3.8, 4) is 0 Å². The first-order valence-corrected chi connectivity index (χ1v) is 16.2. The smallest absolute Gasteiger partial charge is 0.410 e. The molecule has 1 heterocycles. The van der Waals surface area contributed by atoms with Crippen LogP contribution >= 0.6 is 0 Å². The molecule has 1 aliphatic rings. The summed E-state index contributed by atoms with van der Waals surface area (Å²) in [5.41, 5.74) is 0.675. The molecule has 3 N–H and O–H groups in total. The predicted octanol–water partition coefficient (Wildman–Crippen LogP) is 3.35. The maximum absolute atomic E-state index is 13.0. The molecule has 0 spiro atoms. The third kappa shape index (κ3) is 12.5. The zero-order valence-electron chi connectivity index (χ0n) is 25.6. The first kappa shape index (κ1) is 35.3. The summed E-state index contributed by atoms with van der Waals surface area (Å²) in [5, 5.41) is 12.4. The van der Waals surface area contributed by atoms with Crippen LogP contribution < -0.4 is 10.0 Å². The quantitative estimate of drug-likeness (QED) is 0.270. The minimum absolute atomic E-state index is 0.0718. The molecule has 1 unspecified atom stereocenters. The van der Waals surface area contributed by atoms with Crippen molar-refractivity contribution in [3.05, 3.63) is 29.8 Å². The fraction of sp³-hybridized carbons (Fsp3) is 0.690. The zero-order chi connectivity index (χ0) is 31.3. The van der Waals surface area contributed by atoms with E-state index in [2.05, 4.69) is 10.0 Å². The van der Waals surface area contributed by atoms with E-state index in [1.165, 1.54) is 7.11 Å². The number of methoxy groups -OCH3 is 1. The van der Waals surface area contributed by atoms with Crippen LogP contribution in [0.3, 0.4) is 0 Å². The largest absolute Gasteiger partial charge is 0.468 e. The van der Waals surface area contributed by atoms with Crippen LogP contribution in [0.25, 0.3) is 0 Å². The predicted molar refractivity (Wildman–Crippen MR) is 161 cm³/mol. The number of unbranched alkanes of at least 4 members (excludes halogenated alkanes) is 1. The minimum atomic E-state index is -3.64. The SMILES string of the molecule is CCCCS(=O)(=O)NC(Cc1ccc(NC(=O)N(CCO)CCC2CCN(C(=O)OC(C)(C)C)CC2)cc1)C(=O)OC. The second-order valence-electron chi connectivity index (χ2n) is 11.6. The monoisotopic (exact) mass is 612 g/mol. The second-order valence-corrected chi connectivity index (χ2v) is 13.5. The number of nitrogens with zero attached hydrogens (tertiary/aromatic N) is 2. The molecule has 0 aromatic heterocycles. The summed E-state index contributed by atoms with van der Waals surface area (Å²) >= 11 is 0. The summed E-state index contributed by atoms with van der Waals surface area (Å²) in [6.45, 7) is 9.09. The number of nitrogens with one attached hydrogen (secondary N) is 2. The molecule has 3 amide bonds. The lowest BCUT2D eigenvalue weighted by molar-refractivity contribution is -0.142. The standard InChI is InChI=1S/C29H48N4O8S/c1-6-7-20-42(38,39)31-25(26(35)40-5)21-23-8-10-24(11-9-23)30-27(36)32(18-19-34)15-12-22-13-16-33(17-14-22)28(37)41-29(2,3)4/h8-11,22,25,31,34H,6-7,12-21H2,1-5H3,(H,30,36). The molecule has 1 aromatic carbocycles. The number of urea groups is 1. The van der Waals surface area contributed by atoms with Gasteiger partial charge in [-0.05, 0) is 76.5 Å². The maximum atomic E-state index is 13.0. The first-order chi connectivity index (χ1) is 19.8. The van der Waals surface area contributed by atoms with E-state index in [4.69, 9.17) is 9.47 Å². The van der Waals surface area contributed by atoms with Crippen molar-refractivity contribution >= 4 is 33.8 Å². The average Bonchev–Trinajstić information content (AvgIpc) is 2.93. The number of carbonyl (C=O) groups is 3. The Balaban J connectivity index is 1.91. The van der Waals surface area contributed by atoms with Gasteiger partial charge >= 0.3 is 18.1 Å². The Bertz CT molecular complexity index is 1110. The summed E-state index contributed by atoms with van der Waals surface area (Å²) < 4.78 is 37.3. The van der Waals surface area contributed by atoms with Crippen molar-refractivity contribution in [1.82, 2.24) is 14.5 Å². The molecule has 0 aliphatic carbocycles. The van der Waals surface area contributed by atoms with Gasteiger partial charge in [0.25, 0.3) is 0 Å². The number of ether oxygens (including phenoxy) is 2.